The monoisotopic (exact) mass is 247 g/mol. The second-order valence-corrected chi connectivity index (χ2v) is 6.14. The largest absolute Gasteiger partial charge is 0.236 e. The van der Waals surface area contributed by atoms with Crippen LogP contribution in [0.2, 0.25) is 0 Å². The number of allylic oxidation sites excluding steroid dienone is 1. The lowest BCUT2D eigenvalue weighted by molar-refractivity contribution is 1.26. The number of thioether (sulfide) groups is 1. The number of aromatic nitrogens is 1. The molecule has 0 atom stereocenters. The highest BCUT2D eigenvalue weighted by molar-refractivity contribution is 8.02. The van der Waals surface area contributed by atoms with Crippen molar-refractivity contribution in [2.24, 2.45) is 0 Å². The van der Waals surface area contributed by atoms with Crippen molar-refractivity contribution in [1.82, 2.24) is 4.98 Å². The van der Waals surface area contributed by atoms with E-state index in [-0.39, 0.29) is 0 Å². The Bertz CT molecular complexity index is 542. The first-order valence-corrected chi connectivity index (χ1v) is 7.30. The molecular weight excluding hydrogens is 234 g/mol. The minimum Gasteiger partial charge on any atom is -0.236 e. The van der Waals surface area contributed by atoms with Crippen LogP contribution in [0, 0.1) is 13.8 Å². The van der Waals surface area contributed by atoms with E-state index in [0.717, 1.165) is 0 Å². The quantitative estimate of drug-likeness (QED) is 0.741. The summed E-state index contributed by atoms with van der Waals surface area (Å²) < 4.78 is 1.35. The van der Waals surface area contributed by atoms with E-state index in [1.807, 2.05) is 23.1 Å². The molecule has 16 heavy (non-hydrogen) atoms. The molecule has 0 unspecified atom stereocenters. The van der Waals surface area contributed by atoms with Crippen LogP contribution in [-0.4, -0.2) is 10.7 Å². The fraction of sp³-hybridized carbons (Fsp3) is 0.308. The number of thiazole rings is 1. The third-order valence-electron chi connectivity index (χ3n) is 2.93. The van der Waals surface area contributed by atoms with Gasteiger partial charge in [0.05, 0.1) is 10.2 Å². The van der Waals surface area contributed by atoms with Gasteiger partial charge in [-0.2, -0.15) is 0 Å². The summed E-state index contributed by atoms with van der Waals surface area (Å²) in [5.41, 5.74) is 5.24. The summed E-state index contributed by atoms with van der Waals surface area (Å²) in [6, 6.07) is 4.36. The Morgan fingerprint density at radius 1 is 1.19 bits per heavy atom. The number of aryl methyl sites for hydroxylation is 2. The average molecular weight is 247 g/mol. The molecule has 0 bridgehead atoms. The molecule has 2 heterocycles. The molecule has 82 valence electrons. The van der Waals surface area contributed by atoms with Gasteiger partial charge in [-0.3, -0.25) is 0 Å². The standard InChI is InChI=1S/C13H13NS2/c1-8-3-4-9(2)12-11(8)14-13(16-12)10-5-6-15-7-10/h3-4,7H,5-6H2,1-2H3. The van der Waals surface area contributed by atoms with Gasteiger partial charge in [-0.15, -0.1) is 23.1 Å². The molecule has 0 aliphatic carbocycles. The van der Waals surface area contributed by atoms with Crippen LogP contribution in [0.1, 0.15) is 22.6 Å². The van der Waals surface area contributed by atoms with Crippen LogP contribution in [0.4, 0.5) is 0 Å². The SMILES string of the molecule is Cc1ccc(C)c2sc(C3=CSCC3)nc12. The molecule has 3 rings (SSSR count). The van der Waals surface area contributed by atoms with E-state index in [1.54, 1.807) is 0 Å². The van der Waals surface area contributed by atoms with E-state index in [9.17, 15) is 0 Å². The number of hydrogen-bond donors (Lipinski definition) is 0. The molecule has 1 aromatic carbocycles. The zero-order chi connectivity index (χ0) is 11.1. The molecule has 0 spiro atoms. The second-order valence-electron chi connectivity index (χ2n) is 4.16. The van der Waals surface area contributed by atoms with Gasteiger partial charge in [0.15, 0.2) is 0 Å². The molecule has 1 aliphatic rings. The first-order valence-electron chi connectivity index (χ1n) is 5.43. The molecule has 0 amide bonds. The van der Waals surface area contributed by atoms with E-state index < -0.39 is 0 Å². The molecule has 2 aromatic rings. The van der Waals surface area contributed by atoms with Crippen LogP contribution < -0.4 is 0 Å². The maximum atomic E-state index is 4.79. The van der Waals surface area contributed by atoms with Crippen molar-refractivity contribution < 1.29 is 0 Å². The molecule has 0 saturated carbocycles. The molecule has 0 N–H and O–H groups in total. The summed E-state index contributed by atoms with van der Waals surface area (Å²) in [5, 5.41) is 3.49. The van der Waals surface area contributed by atoms with E-state index in [1.165, 1.54) is 44.1 Å². The van der Waals surface area contributed by atoms with Gasteiger partial charge in [0.25, 0.3) is 0 Å². The number of hydrogen-bond acceptors (Lipinski definition) is 3. The maximum absolute atomic E-state index is 4.79. The van der Waals surface area contributed by atoms with Gasteiger partial charge in [-0.05, 0) is 42.4 Å². The van der Waals surface area contributed by atoms with Gasteiger partial charge in [0, 0.05) is 5.75 Å². The van der Waals surface area contributed by atoms with Crippen molar-refractivity contribution in [3.05, 3.63) is 33.7 Å². The van der Waals surface area contributed by atoms with Gasteiger partial charge in [-0.1, -0.05) is 12.1 Å². The fourth-order valence-electron chi connectivity index (χ4n) is 1.94. The molecule has 0 radical (unpaired) electrons. The second kappa shape index (κ2) is 3.90. The van der Waals surface area contributed by atoms with Gasteiger partial charge >= 0.3 is 0 Å². The van der Waals surface area contributed by atoms with Crippen LogP contribution in [0.3, 0.4) is 0 Å². The highest BCUT2D eigenvalue weighted by Crippen LogP contribution is 2.36. The highest BCUT2D eigenvalue weighted by Gasteiger charge is 2.14. The van der Waals surface area contributed by atoms with Gasteiger partial charge < -0.3 is 0 Å². The Morgan fingerprint density at radius 3 is 2.69 bits per heavy atom. The molecule has 1 nitrogen and oxygen atoms in total. The van der Waals surface area contributed by atoms with Crippen molar-refractivity contribution in [3.8, 4) is 0 Å². The molecule has 0 fully saturated rings. The van der Waals surface area contributed by atoms with Crippen molar-refractivity contribution in [2.45, 2.75) is 20.3 Å². The number of rotatable bonds is 1. The molecule has 1 aromatic heterocycles. The van der Waals surface area contributed by atoms with Gasteiger partial charge in [0.1, 0.15) is 5.01 Å². The van der Waals surface area contributed by atoms with Crippen molar-refractivity contribution in [1.29, 1.82) is 0 Å². The van der Waals surface area contributed by atoms with Crippen molar-refractivity contribution >= 4 is 38.9 Å². The summed E-state index contributed by atoms with van der Waals surface area (Å²) in [4.78, 5) is 4.79. The minimum atomic E-state index is 1.17. The predicted molar refractivity (Wildman–Crippen MR) is 74.1 cm³/mol. The Hall–Kier alpha value is -0.800. The first kappa shape index (κ1) is 10.4. The zero-order valence-corrected chi connectivity index (χ0v) is 11.0. The third-order valence-corrected chi connectivity index (χ3v) is 5.09. The van der Waals surface area contributed by atoms with Crippen LogP contribution in [0.25, 0.3) is 15.8 Å². The molecule has 1 aliphatic heterocycles. The van der Waals surface area contributed by atoms with Gasteiger partial charge in [0.2, 0.25) is 0 Å². The molecule has 0 saturated heterocycles. The Morgan fingerprint density at radius 2 is 2.00 bits per heavy atom. The fourth-order valence-corrected chi connectivity index (χ4v) is 4.06. The Kier molecular flexibility index (Phi) is 2.52. The smallest absolute Gasteiger partial charge is 0.121 e. The van der Waals surface area contributed by atoms with E-state index in [4.69, 9.17) is 4.98 Å². The molecular formula is C13H13NS2. The summed E-state index contributed by atoms with van der Waals surface area (Å²) in [5.74, 6) is 1.21. The zero-order valence-electron chi connectivity index (χ0n) is 9.41. The highest BCUT2D eigenvalue weighted by atomic mass is 32.2. The van der Waals surface area contributed by atoms with E-state index >= 15 is 0 Å². The van der Waals surface area contributed by atoms with Gasteiger partial charge in [-0.25, -0.2) is 4.98 Å². The Balaban J connectivity index is 2.22. The maximum Gasteiger partial charge on any atom is 0.121 e. The lowest BCUT2D eigenvalue weighted by Gasteiger charge is -1.96. The first-order chi connectivity index (χ1) is 7.75. The van der Waals surface area contributed by atoms with Crippen molar-refractivity contribution in [3.63, 3.8) is 0 Å². The summed E-state index contributed by atoms with van der Waals surface area (Å²) in [7, 11) is 0. The average Bonchev–Trinajstić information content (AvgIpc) is 2.90. The normalized spacial score (nSPS) is 15.8. The van der Waals surface area contributed by atoms with Crippen LogP contribution in [0.15, 0.2) is 17.5 Å². The Labute approximate surface area is 104 Å². The number of fused-ring (bicyclic) bond motifs is 1. The van der Waals surface area contributed by atoms with E-state index in [2.05, 4.69) is 31.4 Å². The predicted octanol–water partition coefficient (Wildman–Crippen LogP) is 4.39. The lowest BCUT2D eigenvalue weighted by atomic mass is 10.1. The van der Waals surface area contributed by atoms with Crippen LogP contribution in [0.5, 0.6) is 0 Å². The summed E-state index contributed by atoms with van der Waals surface area (Å²) in [6.45, 7) is 4.31. The summed E-state index contributed by atoms with van der Waals surface area (Å²) >= 11 is 3.74. The number of benzene rings is 1. The van der Waals surface area contributed by atoms with Crippen LogP contribution in [-0.2, 0) is 0 Å². The van der Waals surface area contributed by atoms with E-state index in [0.29, 0.717) is 0 Å². The lowest BCUT2D eigenvalue weighted by Crippen LogP contribution is -1.81. The minimum absolute atomic E-state index is 1.17. The topological polar surface area (TPSA) is 12.9 Å². The third kappa shape index (κ3) is 1.59. The van der Waals surface area contributed by atoms with Crippen LogP contribution >= 0.6 is 23.1 Å². The number of nitrogens with zero attached hydrogens (tertiary/aromatic N) is 1. The summed E-state index contributed by atoms with van der Waals surface area (Å²) in [6.07, 6.45) is 1.17. The van der Waals surface area contributed by atoms with Crippen molar-refractivity contribution in [2.75, 3.05) is 5.75 Å². The molecule has 3 heteroatoms.